The second-order valence-corrected chi connectivity index (χ2v) is 8.42. The maximum absolute atomic E-state index is 12.8. The van der Waals surface area contributed by atoms with Crippen molar-refractivity contribution in [2.24, 2.45) is 0 Å². The number of anilines is 1. The second kappa shape index (κ2) is 9.35. The number of rotatable bonds is 6. The van der Waals surface area contributed by atoms with E-state index in [0.29, 0.717) is 11.1 Å². The lowest BCUT2D eigenvalue weighted by atomic mass is 10.1. The highest BCUT2D eigenvalue weighted by Crippen LogP contribution is 2.18. The Balaban J connectivity index is 1.29. The molecule has 1 aromatic heterocycles. The Morgan fingerprint density at radius 3 is 2.61 bits per heavy atom. The molecule has 1 amide bonds. The fraction of sp³-hybridized carbons (Fsp3) is 0.360. The third kappa shape index (κ3) is 5.14. The van der Waals surface area contributed by atoms with Crippen LogP contribution in [0.15, 0.2) is 59.4 Å². The molecule has 162 valence electrons. The number of aryl methyl sites for hydroxylation is 1. The van der Waals surface area contributed by atoms with Gasteiger partial charge in [-0.15, -0.1) is 0 Å². The predicted molar refractivity (Wildman–Crippen MR) is 126 cm³/mol. The van der Waals surface area contributed by atoms with Gasteiger partial charge in [-0.3, -0.25) is 14.5 Å². The molecule has 1 atom stereocenters. The van der Waals surface area contributed by atoms with Gasteiger partial charge in [0.2, 0.25) is 5.56 Å². The van der Waals surface area contributed by atoms with Crippen molar-refractivity contribution in [2.45, 2.75) is 26.3 Å². The van der Waals surface area contributed by atoms with Crippen LogP contribution in [0.25, 0.3) is 10.9 Å². The van der Waals surface area contributed by atoms with E-state index >= 15 is 0 Å². The first-order valence-corrected chi connectivity index (χ1v) is 11.0. The quantitative estimate of drug-likeness (QED) is 0.645. The average Bonchev–Trinajstić information content (AvgIpc) is 2.77. The third-order valence-electron chi connectivity index (χ3n) is 5.99. The number of H-pyrrole nitrogens is 1. The highest BCUT2D eigenvalue weighted by molar-refractivity contribution is 6.06. The molecule has 3 aromatic rings. The lowest BCUT2D eigenvalue weighted by molar-refractivity contribution is 0.0936. The summed E-state index contributed by atoms with van der Waals surface area (Å²) in [6.07, 6.45) is 0.872. The van der Waals surface area contributed by atoms with Gasteiger partial charge in [0.15, 0.2) is 0 Å². The van der Waals surface area contributed by atoms with Crippen LogP contribution in [-0.2, 0) is 0 Å². The van der Waals surface area contributed by atoms with E-state index in [1.54, 1.807) is 0 Å². The summed E-state index contributed by atoms with van der Waals surface area (Å²) in [5, 5.41) is 3.83. The summed E-state index contributed by atoms with van der Waals surface area (Å²) in [6.45, 7) is 9.17. The Labute approximate surface area is 182 Å². The van der Waals surface area contributed by atoms with E-state index in [1.807, 2.05) is 31.2 Å². The zero-order valence-corrected chi connectivity index (χ0v) is 18.2. The Hall–Kier alpha value is -3.12. The van der Waals surface area contributed by atoms with E-state index in [-0.39, 0.29) is 17.5 Å². The molecule has 4 rings (SSSR count). The molecule has 0 aliphatic carbocycles. The number of fused-ring (bicyclic) bond motifs is 1. The van der Waals surface area contributed by atoms with E-state index in [4.69, 9.17) is 0 Å². The van der Waals surface area contributed by atoms with Gasteiger partial charge in [-0.1, -0.05) is 30.3 Å². The highest BCUT2D eigenvalue weighted by Gasteiger charge is 2.19. The van der Waals surface area contributed by atoms with Gasteiger partial charge < -0.3 is 15.2 Å². The van der Waals surface area contributed by atoms with Crippen molar-refractivity contribution in [3.05, 3.63) is 76.1 Å². The van der Waals surface area contributed by atoms with E-state index < -0.39 is 0 Å². The summed E-state index contributed by atoms with van der Waals surface area (Å²) >= 11 is 0. The molecule has 0 spiro atoms. The Morgan fingerprint density at radius 2 is 1.84 bits per heavy atom. The van der Waals surface area contributed by atoms with Crippen molar-refractivity contribution >= 4 is 22.5 Å². The molecule has 1 unspecified atom stereocenters. The second-order valence-electron chi connectivity index (χ2n) is 8.42. The fourth-order valence-corrected chi connectivity index (χ4v) is 4.20. The monoisotopic (exact) mass is 418 g/mol. The van der Waals surface area contributed by atoms with Crippen molar-refractivity contribution in [3.8, 4) is 0 Å². The number of amides is 1. The van der Waals surface area contributed by atoms with Crippen LogP contribution >= 0.6 is 0 Å². The first kappa shape index (κ1) is 21.1. The molecule has 6 heteroatoms. The number of aromatic amines is 1. The largest absolute Gasteiger partial charge is 0.369 e. The maximum Gasteiger partial charge on any atom is 0.252 e. The van der Waals surface area contributed by atoms with Crippen LogP contribution in [0.4, 0.5) is 5.69 Å². The van der Waals surface area contributed by atoms with Crippen molar-refractivity contribution in [2.75, 3.05) is 37.6 Å². The van der Waals surface area contributed by atoms with Crippen LogP contribution in [0, 0.1) is 6.92 Å². The molecule has 2 N–H and O–H groups in total. The highest BCUT2D eigenvalue weighted by atomic mass is 16.2. The molecule has 1 fully saturated rings. The number of carbonyl (C=O) groups excluding carboxylic acids is 1. The number of nitrogens with one attached hydrogen (secondary N) is 2. The Morgan fingerprint density at radius 1 is 1.06 bits per heavy atom. The predicted octanol–water partition coefficient (Wildman–Crippen LogP) is 3.17. The van der Waals surface area contributed by atoms with Crippen LogP contribution in [-0.4, -0.2) is 54.6 Å². The van der Waals surface area contributed by atoms with Crippen LogP contribution in [0.2, 0.25) is 0 Å². The summed E-state index contributed by atoms with van der Waals surface area (Å²) < 4.78 is 0. The first-order valence-electron chi connectivity index (χ1n) is 11.0. The molecule has 1 saturated heterocycles. The molecule has 0 radical (unpaired) electrons. The van der Waals surface area contributed by atoms with Crippen LogP contribution in [0.1, 0.15) is 29.3 Å². The molecular weight excluding hydrogens is 388 g/mol. The number of para-hydroxylation sites is 1. The van der Waals surface area contributed by atoms with Crippen molar-refractivity contribution in [1.29, 1.82) is 0 Å². The standard InChI is InChI=1S/C25H30N4O2/c1-18-6-5-7-20(16-18)29-14-12-28(13-15-29)11-10-19(2)26-25(31)22-17-24(30)27-23-9-4-3-8-21(22)23/h3-9,16-17,19H,10-15H2,1-2H3,(H,26,31)(H,27,30). The van der Waals surface area contributed by atoms with E-state index in [2.05, 4.69) is 51.3 Å². The zero-order valence-electron chi connectivity index (χ0n) is 18.2. The van der Waals surface area contributed by atoms with Gasteiger partial charge in [0.25, 0.3) is 5.91 Å². The molecule has 2 heterocycles. The fourth-order valence-electron chi connectivity index (χ4n) is 4.20. The lowest BCUT2D eigenvalue weighted by Gasteiger charge is -2.36. The van der Waals surface area contributed by atoms with Gasteiger partial charge in [0.1, 0.15) is 0 Å². The van der Waals surface area contributed by atoms with Crippen molar-refractivity contribution < 1.29 is 4.79 Å². The van der Waals surface area contributed by atoms with E-state index in [1.165, 1.54) is 17.3 Å². The first-order chi connectivity index (χ1) is 15.0. The van der Waals surface area contributed by atoms with Gasteiger partial charge in [-0.2, -0.15) is 0 Å². The van der Waals surface area contributed by atoms with Gasteiger partial charge in [0, 0.05) is 61.4 Å². The Kier molecular flexibility index (Phi) is 6.37. The molecule has 2 aromatic carbocycles. The number of nitrogens with zero attached hydrogens (tertiary/aromatic N) is 2. The van der Waals surface area contributed by atoms with Gasteiger partial charge in [0.05, 0.1) is 5.56 Å². The number of hydrogen-bond donors (Lipinski definition) is 2. The lowest BCUT2D eigenvalue weighted by Crippen LogP contribution is -2.47. The number of carbonyl (C=O) groups is 1. The minimum Gasteiger partial charge on any atom is -0.369 e. The van der Waals surface area contributed by atoms with Gasteiger partial charge in [-0.25, -0.2) is 0 Å². The number of piperazine rings is 1. The summed E-state index contributed by atoms with van der Waals surface area (Å²) in [5.74, 6) is -0.195. The van der Waals surface area contributed by atoms with E-state index in [0.717, 1.165) is 44.5 Å². The summed E-state index contributed by atoms with van der Waals surface area (Å²) in [5.41, 5.74) is 3.43. The summed E-state index contributed by atoms with van der Waals surface area (Å²) in [7, 11) is 0. The van der Waals surface area contributed by atoms with Gasteiger partial charge >= 0.3 is 0 Å². The maximum atomic E-state index is 12.8. The van der Waals surface area contributed by atoms with Crippen LogP contribution in [0.5, 0.6) is 0 Å². The number of benzene rings is 2. The number of pyridine rings is 1. The summed E-state index contributed by atoms with van der Waals surface area (Å²) in [6, 6.07) is 17.5. The number of aromatic nitrogens is 1. The zero-order chi connectivity index (χ0) is 21.8. The third-order valence-corrected chi connectivity index (χ3v) is 5.99. The Bertz CT molecular complexity index is 1120. The minimum absolute atomic E-state index is 0.0281. The van der Waals surface area contributed by atoms with Gasteiger partial charge in [-0.05, 0) is 44.0 Å². The summed E-state index contributed by atoms with van der Waals surface area (Å²) in [4.78, 5) is 32.4. The van der Waals surface area contributed by atoms with Crippen molar-refractivity contribution in [1.82, 2.24) is 15.2 Å². The molecular formula is C25H30N4O2. The number of hydrogen-bond acceptors (Lipinski definition) is 4. The minimum atomic E-state index is -0.261. The van der Waals surface area contributed by atoms with E-state index in [9.17, 15) is 9.59 Å². The topological polar surface area (TPSA) is 68.4 Å². The molecule has 31 heavy (non-hydrogen) atoms. The molecule has 0 saturated carbocycles. The SMILES string of the molecule is Cc1cccc(N2CCN(CCC(C)NC(=O)c3cc(=O)[nH]c4ccccc34)CC2)c1. The molecule has 1 aliphatic heterocycles. The van der Waals surface area contributed by atoms with Crippen molar-refractivity contribution in [3.63, 3.8) is 0 Å². The van der Waals surface area contributed by atoms with Crippen LogP contribution < -0.4 is 15.8 Å². The molecule has 0 bridgehead atoms. The molecule has 1 aliphatic rings. The molecule has 6 nitrogen and oxygen atoms in total. The van der Waals surface area contributed by atoms with Crippen LogP contribution in [0.3, 0.4) is 0 Å². The smallest absolute Gasteiger partial charge is 0.252 e. The average molecular weight is 419 g/mol. The normalized spacial score (nSPS) is 15.7.